The van der Waals surface area contributed by atoms with Crippen molar-refractivity contribution in [2.45, 2.75) is 0 Å². The topological polar surface area (TPSA) is 75.0 Å². The number of carbonyl (C=O) groups is 1. The molecule has 0 atom stereocenters. The van der Waals surface area contributed by atoms with Gasteiger partial charge in [-0.25, -0.2) is 4.79 Å². The number of carbonyl (C=O) groups excluding carboxylic acids is 1. The Kier molecular flexibility index (Phi) is 4.43. The van der Waals surface area contributed by atoms with E-state index in [1.807, 2.05) is 0 Å². The molecule has 3 aromatic rings. The number of methoxy groups -OCH3 is 3. The third-order valence-electron chi connectivity index (χ3n) is 3.80. The van der Waals surface area contributed by atoms with Crippen LogP contribution in [0.15, 0.2) is 51.7 Å². The summed E-state index contributed by atoms with van der Waals surface area (Å²) in [5.41, 5.74) is 1.11. The number of ether oxygens (including phenoxy) is 3. The van der Waals surface area contributed by atoms with E-state index in [0.717, 1.165) is 0 Å². The van der Waals surface area contributed by atoms with Crippen LogP contribution in [0.3, 0.4) is 0 Å². The SMILES string of the molecule is COC(=O)c1cccc(-c2cc(=O)c3cc(OC)c(OC)cc3o2)c1. The van der Waals surface area contributed by atoms with E-state index < -0.39 is 5.97 Å². The van der Waals surface area contributed by atoms with Crippen LogP contribution >= 0.6 is 0 Å². The van der Waals surface area contributed by atoms with Gasteiger partial charge in [0.2, 0.25) is 0 Å². The fourth-order valence-corrected chi connectivity index (χ4v) is 2.54. The third-order valence-corrected chi connectivity index (χ3v) is 3.80. The maximum atomic E-state index is 12.5. The van der Waals surface area contributed by atoms with Gasteiger partial charge in [-0.1, -0.05) is 12.1 Å². The molecule has 0 bridgehead atoms. The first kappa shape index (κ1) is 16.6. The highest BCUT2D eigenvalue weighted by Crippen LogP contribution is 2.32. The molecule has 0 radical (unpaired) electrons. The molecule has 0 amide bonds. The minimum Gasteiger partial charge on any atom is -0.493 e. The van der Waals surface area contributed by atoms with E-state index in [-0.39, 0.29) is 5.43 Å². The van der Waals surface area contributed by atoms with Crippen LogP contribution in [0, 0.1) is 0 Å². The highest BCUT2D eigenvalue weighted by molar-refractivity contribution is 5.91. The van der Waals surface area contributed by atoms with E-state index in [1.54, 1.807) is 36.4 Å². The normalized spacial score (nSPS) is 10.5. The first-order chi connectivity index (χ1) is 12.1. The zero-order valence-electron chi connectivity index (χ0n) is 14.0. The van der Waals surface area contributed by atoms with Gasteiger partial charge in [0, 0.05) is 17.7 Å². The molecular formula is C19H16O6. The molecule has 1 aromatic heterocycles. The van der Waals surface area contributed by atoms with Gasteiger partial charge in [-0.3, -0.25) is 4.79 Å². The second-order valence-corrected chi connectivity index (χ2v) is 5.25. The molecule has 2 aromatic carbocycles. The van der Waals surface area contributed by atoms with Crippen molar-refractivity contribution in [3.05, 3.63) is 58.3 Å². The number of esters is 1. The van der Waals surface area contributed by atoms with E-state index in [4.69, 9.17) is 18.6 Å². The van der Waals surface area contributed by atoms with Crippen molar-refractivity contribution >= 4 is 16.9 Å². The van der Waals surface area contributed by atoms with Gasteiger partial charge >= 0.3 is 5.97 Å². The van der Waals surface area contributed by atoms with Crippen molar-refractivity contribution in [3.63, 3.8) is 0 Å². The maximum absolute atomic E-state index is 12.5. The van der Waals surface area contributed by atoms with Crippen molar-refractivity contribution in [3.8, 4) is 22.8 Å². The zero-order chi connectivity index (χ0) is 18.0. The van der Waals surface area contributed by atoms with Gasteiger partial charge in [-0.15, -0.1) is 0 Å². The smallest absolute Gasteiger partial charge is 0.337 e. The average molecular weight is 340 g/mol. The predicted octanol–water partition coefficient (Wildman–Crippen LogP) is 3.26. The van der Waals surface area contributed by atoms with Crippen LogP contribution in [0.2, 0.25) is 0 Å². The van der Waals surface area contributed by atoms with Crippen LogP contribution in [-0.2, 0) is 4.74 Å². The van der Waals surface area contributed by atoms with Gasteiger partial charge in [-0.05, 0) is 18.2 Å². The van der Waals surface area contributed by atoms with Gasteiger partial charge in [0.1, 0.15) is 11.3 Å². The average Bonchev–Trinajstić information content (AvgIpc) is 2.66. The van der Waals surface area contributed by atoms with Gasteiger partial charge in [0.05, 0.1) is 32.3 Å². The Balaban J connectivity index is 2.18. The van der Waals surface area contributed by atoms with Crippen molar-refractivity contribution < 1.29 is 23.4 Å². The molecule has 0 aliphatic rings. The number of hydrogen-bond acceptors (Lipinski definition) is 6. The molecule has 0 unspecified atom stereocenters. The minimum absolute atomic E-state index is 0.222. The molecule has 0 saturated heterocycles. The Morgan fingerprint density at radius 1 is 0.960 bits per heavy atom. The Bertz CT molecular complexity index is 1000. The van der Waals surface area contributed by atoms with Gasteiger partial charge < -0.3 is 18.6 Å². The van der Waals surface area contributed by atoms with E-state index in [0.29, 0.717) is 39.4 Å². The Hall–Kier alpha value is -3.28. The third kappa shape index (κ3) is 3.06. The molecular weight excluding hydrogens is 324 g/mol. The first-order valence-electron chi connectivity index (χ1n) is 7.46. The van der Waals surface area contributed by atoms with Crippen molar-refractivity contribution in [2.24, 2.45) is 0 Å². The molecule has 0 aliphatic heterocycles. The summed E-state index contributed by atoms with van der Waals surface area (Å²) in [6, 6.07) is 11.2. The molecule has 128 valence electrons. The Morgan fingerprint density at radius 2 is 1.68 bits per heavy atom. The number of hydrogen-bond donors (Lipinski definition) is 0. The molecule has 3 rings (SSSR count). The summed E-state index contributed by atoms with van der Waals surface area (Å²) in [4.78, 5) is 24.2. The van der Waals surface area contributed by atoms with Crippen LogP contribution in [0.1, 0.15) is 10.4 Å². The largest absolute Gasteiger partial charge is 0.493 e. The monoisotopic (exact) mass is 340 g/mol. The minimum atomic E-state index is -0.462. The summed E-state index contributed by atoms with van der Waals surface area (Å²) in [6.07, 6.45) is 0. The summed E-state index contributed by atoms with van der Waals surface area (Å²) in [5, 5.41) is 0.380. The summed E-state index contributed by atoms with van der Waals surface area (Å²) >= 11 is 0. The number of benzene rings is 2. The van der Waals surface area contributed by atoms with E-state index in [9.17, 15) is 9.59 Å². The lowest BCUT2D eigenvalue weighted by Gasteiger charge is -2.09. The highest BCUT2D eigenvalue weighted by Gasteiger charge is 2.14. The van der Waals surface area contributed by atoms with E-state index in [2.05, 4.69) is 0 Å². The van der Waals surface area contributed by atoms with E-state index >= 15 is 0 Å². The van der Waals surface area contributed by atoms with Gasteiger partial charge in [0.25, 0.3) is 0 Å². The van der Waals surface area contributed by atoms with Gasteiger partial charge in [0.15, 0.2) is 16.9 Å². The zero-order valence-corrected chi connectivity index (χ0v) is 14.0. The van der Waals surface area contributed by atoms with Crippen molar-refractivity contribution in [1.29, 1.82) is 0 Å². The quantitative estimate of drug-likeness (QED) is 0.679. The second-order valence-electron chi connectivity index (χ2n) is 5.25. The maximum Gasteiger partial charge on any atom is 0.337 e. The standard InChI is InChI=1S/C19H16O6/c1-22-17-8-13-14(20)9-15(25-16(13)10-18(17)23-2)11-5-4-6-12(7-11)19(21)24-3/h4-10H,1-3H3. The molecule has 0 saturated carbocycles. The molecule has 25 heavy (non-hydrogen) atoms. The van der Waals surface area contributed by atoms with Crippen LogP contribution in [-0.4, -0.2) is 27.3 Å². The number of rotatable bonds is 4. The summed E-state index contributed by atoms with van der Waals surface area (Å²) in [6.45, 7) is 0. The van der Waals surface area contributed by atoms with Crippen molar-refractivity contribution in [1.82, 2.24) is 0 Å². The summed E-state index contributed by atoms with van der Waals surface area (Å²) in [5.74, 6) is 0.785. The summed E-state index contributed by atoms with van der Waals surface area (Å²) in [7, 11) is 4.31. The molecule has 0 aliphatic carbocycles. The lowest BCUT2D eigenvalue weighted by Crippen LogP contribution is -2.03. The van der Waals surface area contributed by atoms with E-state index in [1.165, 1.54) is 27.4 Å². The van der Waals surface area contributed by atoms with Crippen LogP contribution < -0.4 is 14.9 Å². The lowest BCUT2D eigenvalue weighted by atomic mass is 10.1. The Morgan fingerprint density at radius 3 is 2.36 bits per heavy atom. The highest BCUT2D eigenvalue weighted by atomic mass is 16.5. The fourth-order valence-electron chi connectivity index (χ4n) is 2.54. The Labute approximate surface area is 143 Å². The molecule has 0 spiro atoms. The summed E-state index contributed by atoms with van der Waals surface area (Å²) < 4.78 is 21.0. The van der Waals surface area contributed by atoms with Crippen LogP contribution in [0.4, 0.5) is 0 Å². The van der Waals surface area contributed by atoms with Gasteiger partial charge in [-0.2, -0.15) is 0 Å². The predicted molar refractivity (Wildman–Crippen MR) is 92.4 cm³/mol. The van der Waals surface area contributed by atoms with Crippen molar-refractivity contribution in [2.75, 3.05) is 21.3 Å². The molecule has 0 fully saturated rings. The number of fused-ring (bicyclic) bond motifs is 1. The first-order valence-corrected chi connectivity index (χ1v) is 7.46. The molecule has 0 N–H and O–H groups in total. The van der Waals surface area contributed by atoms with Crippen LogP contribution in [0.5, 0.6) is 11.5 Å². The van der Waals surface area contributed by atoms with Crippen LogP contribution in [0.25, 0.3) is 22.3 Å². The second kappa shape index (κ2) is 6.68. The molecule has 1 heterocycles. The fraction of sp³-hybridized carbons (Fsp3) is 0.158. The lowest BCUT2D eigenvalue weighted by molar-refractivity contribution is 0.0601. The molecule has 6 nitrogen and oxygen atoms in total. The molecule has 6 heteroatoms.